The molecule has 0 spiro atoms. The summed E-state index contributed by atoms with van der Waals surface area (Å²) in [6, 6.07) is -0.541. The molecule has 0 unspecified atom stereocenters. The van der Waals surface area contributed by atoms with Crippen molar-refractivity contribution in [2.24, 2.45) is 0 Å². The summed E-state index contributed by atoms with van der Waals surface area (Å²) in [5.74, 6) is -0.372. The summed E-state index contributed by atoms with van der Waals surface area (Å²) in [5.41, 5.74) is 1.13. The van der Waals surface area contributed by atoms with Gasteiger partial charge in [-0.05, 0) is 12.5 Å². The van der Waals surface area contributed by atoms with Crippen molar-refractivity contribution in [1.82, 2.24) is 10.2 Å². The fraction of sp³-hybridized carbons (Fsp3) is 0.545. The molecule has 2 amide bonds. The minimum absolute atomic E-state index is 0.209. The lowest BCUT2D eigenvalue weighted by Gasteiger charge is -2.49. The maximum absolute atomic E-state index is 12.0. The first kappa shape index (κ1) is 12.9. The second-order valence-corrected chi connectivity index (χ2v) is 5.31. The summed E-state index contributed by atoms with van der Waals surface area (Å²) in [6.07, 6.45) is 0. The van der Waals surface area contributed by atoms with E-state index in [1.807, 2.05) is 0 Å². The van der Waals surface area contributed by atoms with Crippen molar-refractivity contribution in [2.45, 2.75) is 25.3 Å². The molecular weight excluding hydrogens is 256 g/mol. The van der Waals surface area contributed by atoms with Gasteiger partial charge < -0.3 is 10.1 Å². The van der Waals surface area contributed by atoms with E-state index < -0.39 is 12.0 Å². The number of hydrogen-bond donors (Lipinski definition) is 1. The number of nitrogens with zero attached hydrogens (tertiary/aromatic N) is 1. The maximum Gasteiger partial charge on any atom is 0.354 e. The molecule has 2 atom stereocenters. The number of hydrogen-bond acceptors (Lipinski definition) is 5. The minimum atomic E-state index is -0.541. The lowest BCUT2D eigenvalue weighted by Crippen LogP contribution is -2.70. The number of rotatable bonds is 2. The van der Waals surface area contributed by atoms with Crippen LogP contribution in [0.15, 0.2) is 11.3 Å². The van der Waals surface area contributed by atoms with Gasteiger partial charge in [-0.2, -0.15) is 0 Å². The molecular formula is C11H14N2O4S. The number of nitrogens with one attached hydrogen (secondary N) is 1. The van der Waals surface area contributed by atoms with Crippen molar-refractivity contribution in [1.29, 1.82) is 0 Å². The van der Waals surface area contributed by atoms with E-state index in [4.69, 9.17) is 4.74 Å². The molecule has 0 aromatic heterocycles. The summed E-state index contributed by atoms with van der Waals surface area (Å²) >= 11 is 1.53. The third kappa shape index (κ3) is 1.88. The molecule has 2 aliphatic heterocycles. The first-order valence-electron chi connectivity index (χ1n) is 5.47. The van der Waals surface area contributed by atoms with Crippen molar-refractivity contribution >= 4 is 29.5 Å². The third-order valence-corrected chi connectivity index (χ3v) is 4.32. The molecule has 0 aromatic rings. The smallest absolute Gasteiger partial charge is 0.354 e. The fourth-order valence-corrected chi connectivity index (χ4v) is 3.37. The van der Waals surface area contributed by atoms with E-state index in [2.05, 4.69) is 5.32 Å². The predicted octanol–water partition coefficient (Wildman–Crippen LogP) is -0.147. The zero-order valence-corrected chi connectivity index (χ0v) is 11.2. The standard InChI is InChI=1S/C11H14N2O4S/c1-5-4-18-10-7(12-6(2)14)9(15)13(10)8(5)11(16)17-3/h7,10H,4H2,1-3H3,(H,12,14)/t7-,10+/m1/s1. The number of esters is 1. The highest BCUT2D eigenvalue weighted by Gasteiger charge is 2.53. The number of thioether (sulfide) groups is 1. The van der Waals surface area contributed by atoms with Crippen LogP contribution in [0.4, 0.5) is 0 Å². The first-order chi connectivity index (χ1) is 8.47. The Hall–Kier alpha value is -1.50. The molecule has 0 saturated carbocycles. The number of fused-ring (bicyclic) bond motifs is 1. The van der Waals surface area contributed by atoms with E-state index in [0.29, 0.717) is 11.4 Å². The molecule has 18 heavy (non-hydrogen) atoms. The molecule has 7 heteroatoms. The summed E-state index contributed by atoms with van der Waals surface area (Å²) in [5, 5.41) is 2.39. The number of carbonyl (C=O) groups is 3. The molecule has 0 aliphatic carbocycles. The highest BCUT2D eigenvalue weighted by Crippen LogP contribution is 2.40. The van der Waals surface area contributed by atoms with E-state index in [1.54, 1.807) is 6.92 Å². The Morgan fingerprint density at radius 3 is 2.72 bits per heavy atom. The fourth-order valence-electron chi connectivity index (χ4n) is 2.08. The molecule has 1 saturated heterocycles. The average Bonchev–Trinajstić information content (AvgIpc) is 2.34. The second kappa shape index (κ2) is 4.64. The Labute approximate surface area is 109 Å². The van der Waals surface area contributed by atoms with Crippen molar-refractivity contribution in [2.75, 3.05) is 12.9 Å². The maximum atomic E-state index is 12.0. The number of methoxy groups -OCH3 is 1. The lowest BCUT2D eigenvalue weighted by molar-refractivity contribution is -0.151. The third-order valence-electron chi connectivity index (χ3n) is 2.90. The van der Waals surface area contributed by atoms with Crippen LogP contribution in [0.3, 0.4) is 0 Å². The van der Waals surface area contributed by atoms with Gasteiger partial charge in [0.1, 0.15) is 17.1 Å². The van der Waals surface area contributed by atoms with E-state index in [0.717, 1.165) is 5.57 Å². The second-order valence-electron chi connectivity index (χ2n) is 4.21. The van der Waals surface area contributed by atoms with Crippen LogP contribution in [-0.2, 0) is 19.1 Å². The summed E-state index contributed by atoms with van der Waals surface area (Å²) in [6.45, 7) is 3.17. The van der Waals surface area contributed by atoms with Gasteiger partial charge in [-0.25, -0.2) is 4.79 Å². The van der Waals surface area contributed by atoms with Crippen LogP contribution in [0.1, 0.15) is 13.8 Å². The van der Waals surface area contributed by atoms with Crippen LogP contribution in [0.5, 0.6) is 0 Å². The van der Waals surface area contributed by atoms with Crippen molar-refractivity contribution in [3.63, 3.8) is 0 Å². The largest absolute Gasteiger partial charge is 0.464 e. The highest BCUT2D eigenvalue weighted by atomic mass is 32.2. The molecule has 2 aliphatic rings. The van der Waals surface area contributed by atoms with E-state index in [-0.39, 0.29) is 17.2 Å². The average molecular weight is 270 g/mol. The van der Waals surface area contributed by atoms with Crippen LogP contribution in [0, 0.1) is 0 Å². The van der Waals surface area contributed by atoms with E-state index in [9.17, 15) is 14.4 Å². The number of amides is 2. The topological polar surface area (TPSA) is 75.7 Å². The lowest BCUT2D eigenvalue weighted by atomic mass is 10.0. The van der Waals surface area contributed by atoms with Crippen LogP contribution in [-0.4, -0.2) is 47.0 Å². The van der Waals surface area contributed by atoms with Gasteiger partial charge in [0.15, 0.2) is 0 Å². The highest BCUT2D eigenvalue weighted by molar-refractivity contribution is 8.00. The Balaban J connectivity index is 2.23. The van der Waals surface area contributed by atoms with Gasteiger partial charge in [-0.15, -0.1) is 11.8 Å². The monoisotopic (exact) mass is 270 g/mol. The van der Waals surface area contributed by atoms with Crippen LogP contribution >= 0.6 is 11.8 Å². The molecule has 6 nitrogen and oxygen atoms in total. The van der Waals surface area contributed by atoms with Gasteiger partial charge in [0, 0.05) is 12.7 Å². The molecule has 2 heterocycles. The summed E-state index contributed by atoms with van der Waals surface area (Å²) in [7, 11) is 1.29. The van der Waals surface area contributed by atoms with Gasteiger partial charge >= 0.3 is 5.97 Å². The quantitative estimate of drug-likeness (QED) is 0.558. The zero-order chi connectivity index (χ0) is 13.4. The van der Waals surface area contributed by atoms with Crippen LogP contribution in [0.2, 0.25) is 0 Å². The molecule has 2 rings (SSSR count). The molecule has 0 radical (unpaired) electrons. The predicted molar refractivity (Wildman–Crippen MR) is 65.4 cm³/mol. The van der Waals surface area contributed by atoms with Gasteiger partial charge in [-0.3, -0.25) is 14.5 Å². The number of carbonyl (C=O) groups excluding carboxylic acids is 3. The van der Waals surface area contributed by atoms with Crippen LogP contribution < -0.4 is 5.32 Å². The van der Waals surface area contributed by atoms with Gasteiger partial charge in [0.25, 0.3) is 5.91 Å². The van der Waals surface area contributed by atoms with Gasteiger partial charge in [-0.1, -0.05) is 0 Å². The number of ether oxygens (including phenoxy) is 1. The Kier molecular flexibility index (Phi) is 3.34. The van der Waals surface area contributed by atoms with Crippen molar-refractivity contribution in [3.8, 4) is 0 Å². The van der Waals surface area contributed by atoms with Crippen LogP contribution in [0.25, 0.3) is 0 Å². The van der Waals surface area contributed by atoms with Crippen molar-refractivity contribution < 1.29 is 19.1 Å². The Morgan fingerprint density at radius 2 is 2.17 bits per heavy atom. The molecule has 1 fully saturated rings. The molecule has 0 aromatic carbocycles. The van der Waals surface area contributed by atoms with Gasteiger partial charge in [0.2, 0.25) is 5.91 Å². The molecule has 0 bridgehead atoms. The summed E-state index contributed by atoms with van der Waals surface area (Å²) in [4.78, 5) is 36.1. The van der Waals surface area contributed by atoms with E-state index >= 15 is 0 Å². The Bertz CT molecular complexity index is 460. The normalized spacial score (nSPS) is 26.4. The van der Waals surface area contributed by atoms with Gasteiger partial charge in [0.05, 0.1) is 7.11 Å². The first-order valence-corrected chi connectivity index (χ1v) is 6.52. The number of β-lactam (4-membered cyclic amide) rings is 1. The zero-order valence-electron chi connectivity index (χ0n) is 10.4. The Morgan fingerprint density at radius 1 is 1.50 bits per heavy atom. The minimum Gasteiger partial charge on any atom is -0.464 e. The molecule has 1 N–H and O–H groups in total. The molecule has 98 valence electrons. The van der Waals surface area contributed by atoms with Crippen molar-refractivity contribution in [3.05, 3.63) is 11.3 Å². The SMILES string of the molecule is COC(=O)C1=C(C)CS[C@H]2[C@H](NC(C)=O)C(=O)N12. The van der Waals surface area contributed by atoms with E-state index in [1.165, 1.54) is 30.7 Å². The summed E-state index contributed by atoms with van der Waals surface area (Å²) < 4.78 is 4.69.